The predicted molar refractivity (Wildman–Crippen MR) is 39.2 cm³/mol. The fraction of sp³-hybridized carbons (Fsp3) is 1.00. The van der Waals surface area contributed by atoms with E-state index in [2.05, 4.69) is 13.8 Å². The maximum atomic E-state index is 5.21. The van der Waals surface area contributed by atoms with E-state index >= 15 is 0 Å². The molecule has 50 valence electrons. The first-order valence-electron chi connectivity index (χ1n) is 2.84. The molecule has 0 saturated carbocycles. The van der Waals surface area contributed by atoms with Crippen molar-refractivity contribution in [3.63, 3.8) is 0 Å². The molecule has 0 unspecified atom stereocenters. The average molecular weight is 134 g/mol. The standard InChI is InChI=1S/C6H14OS/c1-6(2)4-7-5-8-3/h6H,4-5H2,1-3H3. The minimum absolute atomic E-state index is 0.669. The molecule has 0 atom stereocenters. The Bertz CT molecular complexity index is 45.8. The van der Waals surface area contributed by atoms with E-state index in [0.717, 1.165) is 12.5 Å². The average Bonchev–Trinajstić information content (AvgIpc) is 1.66. The zero-order valence-electron chi connectivity index (χ0n) is 5.81. The molecule has 0 aromatic heterocycles. The predicted octanol–water partition coefficient (Wildman–Crippen LogP) is 1.98. The zero-order chi connectivity index (χ0) is 6.41. The van der Waals surface area contributed by atoms with Gasteiger partial charge in [0.2, 0.25) is 0 Å². The maximum absolute atomic E-state index is 5.21. The molecular weight excluding hydrogens is 120 g/mol. The molecule has 0 rings (SSSR count). The summed E-state index contributed by atoms with van der Waals surface area (Å²) < 4.78 is 5.21. The van der Waals surface area contributed by atoms with Gasteiger partial charge in [-0.15, -0.1) is 11.8 Å². The Morgan fingerprint density at radius 2 is 2.12 bits per heavy atom. The molecule has 0 aliphatic carbocycles. The fourth-order valence-corrected chi connectivity index (χ4v) is 0.630. The van der Waals surface area contributed by atoms with Crippen LogP contribution in [-0.4, -0.2) is 18.8 Å². The summed E-state index contributed by atoms with van der Waals surface area (Å²) in [4.78, 5) is 0. The Labute approximate surface area is 55.8 Å². The molecule has 0 radical (unpaired) electrons. The lowest BCUT2D eigenvalue weighted by molar-refractivity contribution is 0.153. The molecule has 0 aliphatic rings. The van der Waals surface area contributed by atoms with E-state index in [4.69, 9.17) is 4.74 Å². The summed E-state index contributed by atoms with van der Waals surface area (Å²) in [6.07, 6.45) is 2.04. The second-order valence-corrected chi connectivity index (χ2v) is 2.98. The van der Waals surface area contributed by atoms with Crippen LogP contribution in [0.1, 0.15) is 13.8 Å². The van der Waals surface area contributed by atoms with Gasteiger partial charge in [0.25, 0.3) is 0 Å². The van der Waals surface area contributed by atoms with E-state index in [0.29, 0.717) is 5.92 Å². The van der Waals surface area contributed by atoms with Crippen LogP contribution >= 0.6 is 11.8 Å². The Kier molecular flexibility index (Phi) is 5.66. The second kappa shape index (κ2) is 5.45. The van der Waals surface area contributed by atoms with E-state index in [-0.39, 0.29) is 0 Å². The molecule has 0 heterocycles. The van der Waals surface area contributed by atoms with Gasteiger partial charge in [-0.3, -0.25) is 0 Å². The van der Waals surface area contributed by atoms with Gasteiger partial charge in [-0.2, -0.15) is 0 Å². The van der Waals surface area contributed by atoms with Crippen molar-refractivity contribution in [2.24, 2.45) is 5.92 Å². The molecule has 0 aromatic rings. The van der Waals surface area contributed by atoms with Crippen molar-refractivity contribution in [2.75, 3.05) is 18.8 Å². The first kappa shape index (κ1) is 8.31. The number of thioether (sulfide) groups is 1. The van der Waals surface area contributed by atoms with Crippen LogP contribution in [0.25, 0.3) is 0 Å². The Morgan fingerprint density at radius 1 is 1.50 bits per heavy atom. The molecule has 0 aromatic carbocycles. The van der Waals surface area contributed by atoms with Crippen molar-refractivity contribution < 1.29 is 4.74 Å². The third kappa shape index (κ3) is 6.31. The summed E-state index contributed by atoms with van der Waals surface area (Å²) in [7, 11) is 0. The first-order chi connectivity index (χ1) is 3.77. The quantitative estimate of drug-likeness (QED) is 0.429. The van der Waals surface area contributed by atoms with Gasteiger partial charge in [-0.1, -0.05) is 13.8 Å². The summed E-state index contributed by atoms with van der Waals surface area (Å²) >= 11 is 1.72. The summed E-state index contributed by atoms with van der Waals surface area (Å²) in [6.45, 7) is 5.20. The van der Waals surface area contributed by atoms with Crippen LogP contribution in [0.3, 0.4) is 0 Å². The van der Waals surface area contributed by atoms with Crippen LogP contribution in [0, 0.1) is 5.92 Å². The normalized spacial score (nSPS) is 10.5. The molecule has 0 spiro atoms. The minimum atomic E-state index is 0.669. The highest BCUT2D eigenvalue weighted by atomic mass is 32.2. The number of hydrogen-bond acceptors (Lipinski definition) is 2. The van der Waals surface area contributed by atoms with Crippen molar-refractivity contribution in [1.29, 1.82) is 0 Å². The van der Waals surface area contributed by atoms with Gasteiger partial charge in [0.05, 0.1) is 5.94 Å². The molecule has 0 bridgehead atoms. The highest BCUT2D eigenvalue weighted by molar-refractivity contribution is 7.98. The topological polar surface area (TPSA) is 9.23 Å². The van der Waals surface area contributed by atoms with Crippen LogP contribution < -0.4 is 0 Å². The molecule has 0 aliphatic heterocycles. The van der Waals surface area contributed by atoms with Gasteiger partial charge in [0.1, 0.15) is 0 Å². The number of ether oxygens (including phenoxy) is 1. The summed E-state index contributed by atoms with van der Waals surface area (Å²) in [6, 6.07) is 0. The lowest BCUT2D eigenvalue weighted by Crippen LogP contribution is -2.00. The fourth-order valence-electron chi connectivity index (χ4n) is 0.367. The van der Waals surface area contributed by atoms with E-state index < -0.39 is 0 Å². The van der Waals surface area contributed by atoms with Crippen molar-refractivity contribution in [3.05, 3.63) is 0 Å². The van der Waals surface area contributed by atoms with E-state index in [9.17, 15) is 0 Å². The van der Waals surface area contributed by atoms with Crippen LogP contribution in [0.5, 0.6) is 0 Å². The molecule has 1 nitrogen and oxygen atoms in total. The third-order valence-corrected chi connectivity index (χ3v) is 1.05. The molecular formula is C6H14OS. The van der Waals surface area contributed by atoms with Crippen LogP contribution in [0.2, 0.25) is 0 Å². The minimum Gasteiger partial charge on any atom is -0.371 e. The van der Waals surface area contributed by atoms with Crippen LogP contribution in [-0.2, 0) is 4.74 Å². The van der Waals surface area contributed by atoms with Crippen molar-refractivity contribution in [2.45, 2.75) is 13.8 Å². The molecule has 0 saturated heterocycles. The highest BCUT2D eigenvalue weighted by Gasteiger charge is 1.90. The van der Waals surface area contributed by atoms with Gasteiger partial charge in [-0.05, 0) is 12.2 Å². The van der Waals surface area contributed by atoms with Gasteiger partial charge >= 0.3 is 0 Å². The van der Waals surface area contributed by atoms with Crippen molar-refractivity contribution in [3.8, 4) is 0 Å². The Morgan fingerprint density at radius 3 is 2.50 bits per heavy atom. The first-order valence-corrected chi connectivity index (χ1v) is 4.23. The van der Waals surface area contributed by atoms with Gasteiger partial charge in [0.15, 0.2) is 0 Å². The Balaban J connectivity index is 2.72. The van der Waals surface area contributed by atoms with Gasteiger partial charge < -0.3 is 4.74 Å². The second-order valence-electron chi connectivity index (χ2n) is 2.17. The maximum Gasteiger partial charge on any atom is 0.0918 e. The SMILES string of the molecule is CSCOCC(C)C. The lowest BCUT2D eigenvalue weighted by atomic mass is 10.2. The van der Waals surface area contributed by atoms with E-state index in [1.807, 2.05) is 6.26 Å². The zero-order valence-corrected chi connectivity index (χ0v) is 6.62. The summed E-state index contributed by atoms with van der Waals surface area (Å²) in [5.74, 6) is 1.50. The van der Waals surface area contributed by atoms with Crippen molar-refractivity contribution in [1.82, 2.24) is 0 Å². The van der Waals surface area contributed by atoms with Crippen LogP contribution in [0.4, 0.5) is 0 Å². The molecule has 0 amide bonds. The number of hydrogen-bond donors (Lipinski definition) is 0. The monoisotopic (exact) mass is 134 g/mol. The molecule has 8 heavy (non-hydrogen) atoms. The molecule has 0 fully saturated rings. The smallest absolute Gasteiger partial charge is 0.0918 e. The summed E-state index contributed by atoms with van der Waals surface area (Å²) in [5, 5.41) is 0. The van der Waals surface area contributed by atoms with Gasteiger partial charge in [-0.25, -0.2) is 0 Å². The van der Waals surface area contributed by atoms with E-state index in [1.165, 1.54) is 0 Å². The lowest BCUT2D eigenvalue weighted by Gasteiger charge is -2.03. The third-order valence-electron chi connectivity index (χ3n) is 0.652. The van der Waals surface area contributed by atoms with Gasteiger partial charge in [0, 0.05) is 6.61 Å². The highest BCUT2D eigenvalue weighted by Crippen LogP contribution is 1.96. The molecule has 2 heteroatoms. The molecule has 0 N–H and O–H groups in total. The van der Waals surface area contributed by atoms with E-state index in [1.54, 1.807) is 11.8 Å². The number of rotatable bonds is 4. The summed E-state index contributed by atoms with van der Waals surface area (Å²) in [5.41, 5.74) is 0. The van der Waals surface area contributed by atoms with Crippen molar-refractivity contribution >= 4 is 11.8 Å². The largest absolute Gasteiger partial charge is 0.371 e. The Hall–Kier alpha value is 0.310. The van der Waals surface area contributed by atoms with Crippen LogP contribution in [0.15, 0.2) is 0 Å².